The molecule has 1 aromatic heterocycles. The highest BCUT2D eigenvalue weighted by Crippen LogP contribution is 2.27. The van der Waals surface area contributed by atoms with Crippen LogP contribution in [0.1, 0.15) is 23.3 Å². The highest BCUT2D eigenvalue weighted by Gasteiger charge is 2.20. The van der Waals surface area contributed by atoms with E-state index in [9.17, 15) is 9.59 Å². The second-order valence-corrected chi connectivity index (χ2v) is 5.51. The maximum atomic E-state index is 12.2. The second kappa shape index (κ2) is 8.72. The molecule has 2 rings (SSSR count). The van der Waals surface area contributed by atoms with Gasteiger partial charge in [-0.05, 0) is 6.07 Å². The Labute approximate surface area is 149 Å². The number of carbonyl (C=O) groups is 2. The van der Waals surface area contributed by atoms with Crippen LogP contribution >= 0.6 is 11.6 Å². The van der Waals surface area contributed by atoms with Crippen molar-refractivity contribution in [3.05, 3.63) is 35.0 Å². The number of aromatic nitrogens is 1. The lowest BCUT2D eigenvalue weighted by molar-refractivity contribution is -0.134. The Morgan fingerprint density at radius 3 is 2.40 bits per heavy atom. The molecule has 1 N–H and O–H groups in total. The Hall–Kier alpha value is -3.03. The zero-order valence-electron chi connectivity index (χ0n) is 13.3. The minimum absolute atomic E-state index is 0.0799. The van der Waals surface area contributed by atoms with Crippen LogP contribution in [0.3, 0.4) is 0 Å². The van der Waals surface area contributed by atoms with E-state index in [4.69, 9.17) is 26.9 Å². The van der Waals surface area contributed by atoms with Crippen LogP contribution in [0.4, 0.5) is 0 Å². The molecule has 25 heavy (non-hydrogen) atoms. The van der Waals surface area contributed by atoms with Crippen LogP contribution < -0.4 is 0 Å². The third-order valence-electron chi connectivity index (χ3n) is 3.51. The monoisotopic (exact) mass is 358 g/mol. The second-order valence-electron chi connectivity index (χ2n) is 5.13. The minimum Gasteiger partial charge on any atom is -0.451 e. The predicted molar refractivity (Wildman–Crippen MR) is 90.6 cm³/mol. The first kappa shape index (κ1) is 18.3. The summed E-state index contributed by atoms with van der Waals surface area (Å²) in [5.41, 5.74) is 0.770. The third-order valence-corrected chi connectivity index (χ3v) is 3.91. The number of nitrogens with zero attached hydrogens (tertiary/aromatic N) is 3. The summed E-state index contributed by atoms with van der Waals surface area (Å²) in [6.45, 7) is -0.120. The Kier molecular flexibility index (Phi) is 6.39. The zero-order valence-corrected chi connectivity index (χ0v) is 14.0. The lowest BCUT2D eigenvalue weighted by Gasteiger charge is -2.19. The van der Waals surface area contributed by atoms with E-state index >= 15 is 0 Å². The van der Waals surface area contributed by atoms with Gasteiger partial charge in [-0.3, -0.25) is 4.79 Å². The lowest BCUT2D eigenvalue weighted by atomic mass is 10.2. The van der Waals surface area contributed by atoms with E-state index in [1.54, 1.807) is 24.3 Å². The number of ether oxygens (including phenoxy) is 1. The summed E-state index contributed by atoms with van der Waals surface area (Å²) in [6.07, 6.45) is 0.276. The number of nitrogens with one attached hydrogen (secondary N) is 1. The van der Waals surface area contributed by atoms with E-state index in [-0.39, 0.29) is 36.6 Å². The van der Waals surface area contributed by atoms with Gasteiger partial charge in [0.2, 0.25) is 0 Å². The van der Waals surface area contributed by atoms with E-state index in [0.717, 1.165) is 0 Å². The topological polar surface area (TPSA) is 110 Å². The summed E-state index contributed by atoms with van der Waals surface area (Å²) in [5.74, 6) is -1.21. The van der Waals surface area contributed by atoms with Gasteiger partial charge in [0.05, 0.1) is 30.0 Å². The van der Waals surface area contributed by atoms with E-state index < -0.39 is 18.5 Å². The number of nitriles is 2. The highest BCUT2D eigenvalue weighted by atomic mass is 35.5. The number of carbonyl (C=O) groups excluding carboxylic acids is 2. The van der Waals surface area contributed by atoms with Gasteiger partial charge >= 0.3 is 5.97 Å². The van der Waals surface area contributed by atoms with E-state index in [0.29, 0.717) is 10.9 Å². The van der Waals surface area contributed by atoms with Crippen molar-refractivity contribution < 1.29 is 14.3 Å². The van der Waals surface area contributed by atoms with Crippen molar-refractivity contribution in [1.29, 1.82) is 10.5 Å². The van der Waals surface area contributed by atoms with Crippen LogP contribution in [0, 0.1) is 22.7 Å². The van der Waals surface area contributed by atoms with Crippen molar-refractivity contribution in [2.24, 2.45) is 0 Å². The summed E-state index contributed by atoms with van der Waals surface area (Å²) in [5, 5.41) is 18.2. The number of aromatic amines is 1. The fourth-order valence-corrected chi connectivity index (χ4v) is 2.56. The van der Waals surface area contributed by atoms with E-state index in [2.05, 4.69) is 4.98 Å². The van der Waals surface area contributed by atoms with Gasteiger partial charge in [-0.1, -0.05) is 29.8 Å². The first-order valence-corrected chi connectivity index (χ1v) is 7.91. The molecule has 0 aliphatic rings. The average molecular weight is 359 g/mol. The number of fused-ring (bicyclic) bond motifs is 1. The molecule has 0 aliphatic heterocycles. The molecule has 1 heterocycles. The van der Waals surface area contributed by atoms with Gasteiger partial charge in [0.25, 0.3) is 5.91 Å². The Morgan fingerprint density at radius 1 is 1.16 bits per heavy atom. The summed E-state index contributed by atoms with van der Waals surface area (Å²) < 4.78 is 5.03. The first-order chi connectivity index (χ1) is 12.1. The molecule has 0 fully saturated rings. The number of halogens is 1. The molecule has 128 valence electrons. The van der Waals surface area contributed by atoms with Gasteiger partial charge in [0.15, 0.2) is 6.61 Å². The fourth-order valence-electron chi connectivity index (χ4n) is 2.27. The molecule has 0 saturated heterocycles. The molecule has 0 radical (unpaired) electrons. The summed E-state index contributed by atoms with van der Waals surface area (Å²) in [4.78, 5) is 28.5. The molecular weight excluding hydrogens is 344 g/mol. The van der Waals surface area contributed by atoms with Gasteiger partial charge in [0.1, 0.15) is 5.69 Å². The van der Waals surface area contributed by atoms with Gasteiger partial charge in [0, 0.05) is 24.0 Å². The minimum atomic E-state index is -0.741. The van der Waals surface area contributed by atoms with Crippen molar-refractivity contribution >= 4 is 34.4 Å². The molecule has 0 bridgehead atoms. The van der Waals surface area contributed by atoms with Gasteiger partial charge < -0.3 is 14.6 Å². The molecule has 0 atom stereocenters. The van der Waals surface area contributed by atoms with Gasteiger partial charge in [-0.15, -0.1) is 0 Å². The number of benzene rings is 1. The summed E-state index contributed by atoms with van der Waals surface area (Å²) >= 11 is 6.17. The number of rotatable bonds is 7. The number of hydrogen-bond donors (Lipinski definition) is 1. The van der Waals surface area contributed by atoms with Crippen LogP contribution in [0.5, 0.6) is 0 Å². The molecule has 0 aliphatic carbocycles. The normalized spacial score (nSPS) is 10.0. The highest BCUT2D eigenvalue weighted by molar-refractivity contribution is 6.38. The number of esters is 1. The average Bonchev–Trinajstić information content (AvgIpc) is 2.97. The van der Waals surface area contributed by atoms with Crippen LogP contribution in [0.2, 0.25) is 5.02 Å². The predicted octanol–water partition coefficient (Wildman–Crippen LogP) is 2.63. The SMILES string of the molecule is N#CCCN(CCC#N)C(=O)COC(=O)c1[nH]c2ccccc2c1Cl. The molecular formula is C17H15ClN4O3. The third kappa shape index (κ3) is 4.50. The molecule has 0 spiro atoms. The van der Waals surface area contributed by atoms with Crippen LogP contribution in [-0.4, -0.2) is 41.5 Å². The molecule has 7 nitrogen and oxygen atoms in total. The molecule has 0 unspecified atom stereocenters. The van der Waals surface area contributed by atoms with Crippen molar-refractivity contribution in [2.45, 2.75) is 12.8 Å². The molecule has 1 aromatic carbocycles. The smallest absolute Gasteiger partial charge is 0.356 e. The summed E-state index contributed by atoms with van der Waals surface area (Å²) in [6, 6.07) is 11.0. The van der Waals surface area contributed by atoms with Crippen LogP contribution in [-0.2, 0) is 9.53 Å². The van der Waals surface area contributed by atoms with Gasteiger partial charge in [-0.2, -0.15) is 10.5 Å². The first-order valence-electron chi connectivity index (χ1n) is 7.53. The lowest BCUT2D eigenvalue weighted by Crippen LogP contribution is -2.36. The number of amides is 1. The standard InChI is InChI=1S/C17H15ClN4O3/c18-15-12-5-1-2-6-13(12)21-16(15)17(24)25-11-14(23)22(9-3-7-19)10-4-8-20/h1-2,5-6,21H,3-4,9-11H2. The Morgan fingerprint density at radius 2 is 1.80 bits per heavy atom. The largest absolute Gasteiger partial charge is 0.451 e. The zero-order chi connectivity index (χ0) is 18.2. The van der Waals surface area contributed by atoms with E-state index in [1.165, 1.54) is 4.90 Å². The molecule has 8 heteroatoms. The maximum Gasteiger partial charge on any atom is 0.356 e. The van der Waals surface area contributed by atoms with Crippen molar-refractivity contribution in [3.8, 4) is 12.1 Å². The Balaban J connectivity index is 2.01. The van der Waals surface area contributed by atoms with E-state index in [1.807, 2.05) is 12.1 Å². The van der Waals surface area contributed by atoms with Crippen molar-refractivity contribution in [2.75, 3.05) is 19.7 Å². The van der Waals surface area contributed by atoms with Crippen LogP contribution in [0.15, 0.2) is 24.3 Å². The Bertz CT molecular complexity index is 845. The molecule has 2 aromatic rings. The van der Waals surface area contributed by atoms with Crippen molar-refractivity contribution in [1.82, 2.24) is 9.88 Å². The fraction of sp³-hybridized carbons (Fsp3) is 0.294. The quantitative estimate of drug-likeness (QED) is 0.765. The molecule has 1 amide bonds. The summed E-state index contributed by atoms with van der Waals surface area (Å²) in [7, 11) is 0. The van der Waals surface area contributed by atoms with Crippen LogP contribution in [0.25, 0.3) is 10.9 Å². The molecule has 0 saturated carbocycles. The van der Waals surface area contributed by atoms with Crippen molar-refractivity contribution in [3.63, 3.8) is 0 Å². The number of H-pyrrole nitrogens is 1. The van der Waals surface area contributed by atoms with Gasteiger partial charge in [-0.25, -0.2) is 4.79 Å². The maximum absolute atomic E-state index is 12.2. The number of hydrogen-bond acceptors (Lipinski definition) is 5. The number of para-hydroxylation sites is 1.